The number of epoxide rings is 1. The van der Waals surface area contributed by atoms with E-state index in [0.29, 0.717) is 12.2 Å². The van der Waals surface area contributed by atoms with Crippen LogP contribution in [0.15, 0.2) is 18.2 Å². The molecule has 1 unspecified atom stereocenters. The van der Waals surface area contributed by atoms with Crippen molar-refractivity contribution in [2.75, 3.05) is 6.61 Å². The lowest BCUT2D eigenvalue weighted by Crippen LogP contribution is -2.05. The Kier molecular flexibility index (Phi) is 2.17. The molecule has 0 bridgehead atoms. The fourth-order valence-corrected chi connectivity index (χ4v) is 1.38. The molecular formula is C10H8O5. The van der Waals surface area contributed by atoms with Crippen molar-refractivity contribution in [1.29, 1.82) is 0 Å². The van der Waals surface area contributed by atoms with Crippen molar-refractivity contribution in [2.24, 2.45) is 0 Å². The van der Waals surface area contributed by atoms with Crippen molar-refractivity contribution in [3.8, 4) is 0 Å². The Hall–Kier alpha value is -1.88. The van der Waals surface area contributed by atoms with Crippen LogP contribution in [-0.2, 0) is 4.74 Å². The van der Waals surface area contributed by atoms with E-state index < -0.39 is 11.9 Å². The van der Waals surface area contributed by atoms with Gasteiger partial charge in [-0.05, 0) is 23.8 Å². The van der Waals surface area contributed by atoms with E-state index in [-0.39, 0.29) is 17.2 Å². The summed E-state index contributed by atoms with van der Waals surface area (Å²) in [6.07, 6.45) is -0.268. The van der Waals surface area contributed by atoms with E-state index in [0.717, 1.165) is 0 Å². The number of benzene rings is 1. The Labute approximate surface area is 84.9 Å². The summed E-state index contributed by atoms with van der Waals surface area (Å²) in [7, 11) is 0. The van der Waals surface area contributed by atoms with Crippen LogP contribution in [-0.4, -0.2) is 28.8 Å². The molecule has 0 radical (unpaired) electrons. The molecule has 0 aromatic heterocycles. The predicted octanol–water partition coefficient (Wildman–Crippen LogP) is 1.15. The first-order valence-electron chi connectivity index (χ1n) is 4.31. The molecule has 2 rings (SSSR count). The fraction of sp³-hybridized carbons (Fsp3) is 0.200. The largest absolute Gasteiger partial charge is 0.478 e. The van der Waals surface area contributed by atoms with Crippen LogP contribution in [0.2, 0.25) is 0 Å². The number of aromatic carboxylic acids is 2. The van der Waals surface area contributed by atoms with Crippen LogP contribution >= 0.6 is 0 Å². The quantitative estimate of drug-likeness (QED) is 0.727. The van der Waals surface area contributed by atoms with Gasteiger partial charge in [0.2, 0.25) is 0 Å². The zero-order valence-electron chi connectivity index (χ0n) is 7.64. The number of ether oxygens (including phenoxy) is 1. The van der Waals surface area contributed by atoms with Crippen molar-refractivity contribution in [2.45, 2.75) is 6.10 Å². The highest BCUT2D eigenvalue weighted by atomic mass is 16.6. The second kappa shape index (κ2) is 3.36. The fourth-order valence-electron chi connectivity index (χ4n) is 1.38. The van der Waals surface area contributed by atoms with E-state index in [1.807, 2.05) is 0 Å². The Morgan fingerprint density at radius 2 is 1.93 bits per heavy atom. The molecular weight excluding hydrogens is 200 g/mol. The van der Waals surface area contributed by atoms with E-state index in [1.54, 1.807) is 0 Å². The first-order chi connectivity index (χ1) is 7.09. The number of carboxylic acid groups (broad SMARTS) is 2. The highest BCUT2D eigenvalue weighted by molar-refractivity contribution is 5.93. The first kappa shape index (κ1) is 9.67. The van der Waals surface area contributed by atoms with Gasteiger partial charge in [0.05, 0.1) is 17.7 Å². The molecule has 0 saturated carbocycles. The van der Waals surface area contributed by atoms with Gasteiger partial charge in [-0.2, -0.15) is 0 Å². The molecule has 78 valence electrons. The number of rotatable bonds is 3. The molecule has 1 aromatic rings. The zero-order valence-corrected chi connectivity index (χ0v) is 7.64. The maximum Gasteiger partial charge on any atom is 0.336 e. The van der Waals surface area contributed by atoms with Gasteiger partial charge in [0.1, 0.15) is 6.10 Å². The van der Waals surface area contributed by atoms with Crippen LogP contribution in [0.25, 0.3) is 0 Å². The molecule has 1 saturated heterocycles. The monoisotopic (exact) mass is 208 g/mol. The van der Waals surface area contributed by atoms with Crippen molar-refractivity contribution >= 4 is 11.9 Å². The summed E-state index contributed by atoms with van der Waals surface area (Å²) in [5.74, 6) is -2.15. The molecule has 1 atom stereocenters. The van der Waals surface area contributed by atoms with E-state index in [4.69, 9.17) is 14.9 Å². The molecule has 0 aliphatic carbocycles. The number of hydrogen-bond acceptors (Lipinski definition) is 3. The van der Waals surface area contributed by atoms with Gasteiger partial charge in [0, 0.05) is 0 Å². The van der Waals surface area contributed by atoms with E-state index in [9.17, 15) is 9.59 Å². The lowest BCUT2D eigenvalue weighted by Gasteiger charge is -2.03. The van der Waals surface area contributed by atoms with Crippen LogP contribution in [0, 0.1) is 0 Å². The Bertz CT molecular complexity index is 433. The molecule has 1 aromatic carbocycles. The second-order valence-corrected chi connectivity index (χ2v) is 3.23. The lowest BCUT2D eigenvalue weighted by atomic mass is 10.0. The second-order valence-electron chi connectivity index (χ2n) is 3.23. The topological polar surface area (TPSA) is 87.1 Å². The van der Waals surface area contributed by atoms with Crippen molar-refractivity contribution in [3.63, 3.8) is 0 Å². The van der Waals surface area contributed by atoms with Gasteiger partial charge in [0.25, 0.3) is 0 Å². The molecule has 15 heavy (non-hydrogen) atoms. The summed E-state index contributed by atoms with van der Waals surface area (Å²) in [6.45, 7) is 0.448. The molecule has 2 N–H and O–H groups in total. The van der Waals surface area contributed by atoms with E-state index >= 15 is 0 Å². The summed E-state index contributed by atoms with van der Waals surface area (Å²) >= 11 is 0. The minimum absolute atomic E-state index is 0.0745. The van der Waals surface area contributed by atoms with Gasteiger partial charge >= 0.3 is 11.9 Å². The average Bonchev–Trinajstić information content (AvgIpc) is 2.99. The summed E-state index contributed by atoms with van der Waals surface area (Å²) in [5.41, 5.74) is 0.607. The summed E-state index contributed by atoms with van der Waals surface area (Å²) < 4.78 is 4.96. The molecule has 1 fully saturated rings. The summed E-state index contributed by atoms with van der Waals surface area (Å²) in [5, 5.41) is 17.6. The summed E-state index contributed by atoms with van der Waals surface area (Å²) in [6, 6.07) is 3.92. The van der Waals surface area contributed by atoms with Gasteiger partial charge in [0.15, 0.2) is 0 Å². The highest BCUT2D eigenvalue weighted by Gasteiger charge is 2.30. The third-order valence-electron chi connectivity index (χ3n) is 2.21. The van der Waals surface area contributed by atoms with Crippen LogP contribution < -0.4 is 0 Å². The third-order valence-corrected chi connectivity index (χ3v) is 2.21. The predicted molar refractivity (Wildman–Crippen MR) is 49.1 cm³/mol. The SMILES string of the molecule is O=C(O)c1ccc(C(=O)O)c(C2CO2)c1. The zero-order chi connectivity index (χ0) is 11.0. The standard InChI is InChI=1S/C10H8O5/c11-9(12)5-1-2-6(10(13)14)7(3-5)8-4-15-8/h1-3,8H,4H2,(H,11,12)(H,13,14). The highest BCUT2D eigenvalue weighted by Crippen LogP contribution is 2.33. The van der Waals surface area contributed by atoms with Crippen molar-refractivity contribution < 1.29 is 24.5 Å². The van der Waals surface area contributed by atoms with Gasteiger partial charge in [-0.15, -0.1) is 0 Å². The van der Waals surface area contributed by atoms with Gasteiger partial charge < -0.3 is 14.9 Å². The number of hydrogen-bond donors (Lipinski definition) is 2. The molecule has 1 aliphatic heterocycles. The lowest BCUT2D eigenvalue weighted by molar-refractivity contribution is 0.0679. The number of carbonyl (C=O) groups is 2. The molecule has 0 spiro atoms. The Morgan fingerprint density at radius 3 is 2.40 bits per heavy atom. The van der Waals surface area contributed by atoms with Gasteiger partial charge in [-0.3, -0.25) is 0 Å². The molecule has 1 aliphatic rings. The molecule has 5 heteroatoms. The number of carboxylic acids is 2. The van der Waals surface area contributed by atoms with Crippen LogP contribution in [0.3, 0.4) is 0 Å². The molecule has 5 nitrogen and oxygen atoms in total. The average molecular weight is 208 g/mol. The first-order valence-corrected chi connectivity index (χ1v) is 4.31. The minimum atomic E-state index is -1.08. The van der Waals surface area contributed by atoms with Gasteiger partial charge in [-0.1, -0.05) is 0 Å². The smallest absolute Gasteiger partial charge is 0.336 e. The third kappa shape index (κ3) is 1.82. The maximum absolute atomic E-state index is 10.8. The van der Waals surface area contributed by atoms with Crippen molar-refractivity contribution in [1.82, 2.24) is 0 Å². The Balaban J connectivity index is 2.48. The van der Waals surface area contributed by atoms with Crippen LogP contribution in [0.1, 0.15) is 32.4 Å². The maximum atomic E-state index is 10.8. The van der Waals surface area contributed by atoms with Crippen LogP contribution in [0.4, 0.5) is 0 Å². The van der Waals surface area contributed by atoms with E-state index in [1.165, 1.54) is 18.2 Å². The molecule has 1 heterocycles. The van der Waals surface area contributed by atoms with E-state index in [2.05, 4.69) is 0 Å². The minimum Gasteiger partial charge on any atom is -0.478 e. The van der Waals surface area contributed by atoms with Crippen LogP contribution in [0.5, 0.6) is 0 Å². The summed E-state index contributed by atoms with van der Waals surface area (Å²) in [4.78, 5) is 21.5. The Morgan fingerprint density at radius 1 is 1.27 bits per heavy atom. The van der Waals surface area contributed by atoms with Crippen molar-refractivity contribution in [3.05, 3.63) is 34.9 Å². The normalized spacial score (nSPS) is 18.5. The van der Waals surface area contributed by atoms with Gasteiger partial charge in [-0.25, -0.2) is 9.59 Å². The molecule has 0 amide bonds.